The van der Waals surface area contributed by atoms with E-state index in [0.29, 0.717) is 0 Å². The first-order chi connectivity index (χ1) is 2.00. The molecule has 43 valence electrons. The van der Waals surface area contributed by atoms with E-state index >= 15 is 0 Å². The van der Waals surface area contributed by atoms with E-state index < -0.39 is 11.5 Å². The third kappa shape index (κ3) is 41.6. The molecule has 0 heterocycles. The van der Waals surface area contributed by atoms with Crippen LogP contribution in [-0.4, -0.2) is 5.48 Å². The van der Waals surface area contributed by atoms with Crippen LogP contribution in [-0.2, 0) is 11.5 Å². The van der Waals surface area contributed by atoms with Gasteiger partial charge in [-0.15, -0.1) is 0 Å². The zero-order valence-corrected chi connectivity index (χ0v) is 8.13. The topological polar surface area (TPSA) is 31.5 Å². The van der Waals surface area contributed by atoms with E-state index in [1.807, 2.05) is 0 Å². The second-order valence-corrected chi connectivity index (χ2v) is 23.9. The van der Waals surface area contributed by atoms with Crippen LogP contribution in [0.2, 0.25) is 0 Å². The number of rotatable bonds is 0. The fourth-order valence-electron chi connectivity index (χ4n) is 0. The molecule has 0 saturated heterocycles. The number of halogens is 4. The molecule has 0 bridgehead atoms. The average Bonchev–Trinajstić information content (AvgIpc) is 0.722. The monoisotopic (exact) mass is 345 g/mol. The van der Waals surface area contributed by atoms with Crippen LogP contribution in [0.5, 0.6) is 0 Å². The van der Waals surface area contributed by atoms with Crippen LogP contribution in [0, 0.1) is 0 Å². The Morgan fingerprint density at radius 2 is 0.833 bits per heavy atom. The molecule has 1 nitrogen and oxygen atoms in total. The second kappa shape index (κ2) is 3.74. The number of hydrogen-bond acceptors (Lipinski definition) is 0. The van der Waals surface area contributed by atoms with Crippen molar-refractivity contribution < 1.29 is 16.9 Å². The van der Waals surface area contributed by atoms with Gasteiger partial charge in [-0.05, 0) is 0 Å². The minimum atomic E-state index is -3.22. The molecular formula is H2Cl4ORe. The predicted molar refractivity (Wildman–Crippen MR) is 27.0 cm³/mol. The van der Waals surface area contributed by atoms with Gasteiger partial charge in [-0.2, -0.15) is 0 Å². The summed E-state index contributed by atoms with van der Waals surface area (Å²) in [6.07, 6.45) is 0. The zero-order chi connectivity index (χ0) is 4.50. The molecule has 0 aliphatic carbocycles. The van der Waals surface area contributed by atoms with Crippen molar-refractivity contribution in [3.05, 3.63) is 0 Å². The molecule has 0 aromatic carbocycles. The molecule has 0 spiro atoms. The molecule has 6 heteroatoms. The van der Waals surface area contributed by atoms with Gasteiger partial charge in [-0.3, -0.25) is 0 Å². The third-order valence-corrected chi connectivity index (χ3v) is 0. The summed E-state index contributed by atoms with van der Waals surface area (Å²) in [7, 11) is 20.1. The van der Waals surface area contributed by atoms with Gasteiger partial charge in [0.15, 0.2) is 0 Å². The third-order valence-electron chi connectivity index (χ3n) is 0. The van der Waals surface area contributed by atoms with Gasteiger partial charge in [0.2, 0.25) is 0 Å². The normalized spacial score (nSPS) is 12.7. The average molecular weight is 346 g/mol. The SMILES string of the molecule is O.[Cl][Re]([Cl])([Cl])[Cl]. The Morgan fingerprint density at radius 3 is 0.833 bits per heavy atom. The van der Waals surface area contributed by atoms with Gasteiger partial charge < -0.3 is 5.48 Å². The first-order valence-corrected chi connectivity index (χ1v) is 14.0. The Labute approximate surface area is 54.8 Å². The summed E-state index contributed by atoms with van der Waals surface area (Å²) in [5.41, 5.74) is 0. The van der Waals surface area contributed by atoms with Crippen molar-refractivity contribution in [1.82, 2.24) is 0 Å². The van der Waals surface area contributed by atoms with E-state index in [1.54, 1.807) is 0 Å². The molecule has 0 aromatic heterocycles. The van der Waals surface area contributed by atoms with E-state index in [1.165, 1.54) is 0 Å². The molecule has 0 aliphatic heterocycles. The van der Waals surface area contributed by atoms with Crippen molar-refractivity contribution in [3.63, 3.8) is 0 Å². The maximum atomic E-state index is 5.03. The first-order valence-electron chi connectivity index (χ1n) is 0.571. The summed E-state index contributed by atoms with van der Waals surface area (Å²) in [6, 6.07) is 0. The van der Waals surface area contributed by atoms with E-state index in [9.17, 15) is 0 Å². The van der Waals surface area contributed by atoms with Gasteiger partial charge in [0.1, 0.15) is 0 Å². The van der Waals surface area contributed by atoms with Crippen molar-refractivity contribution in [2.24, 2.45) is 0 Å². The van der Waals surface area contributed by atoms with Crippen molar-refractivity contribution >= 4 is 38.1 Å². The van der Waals surface area contributed by atoms with Crippen LogP contribution >= 0.6 is 38.1 Å². The standard InChI is InChI=1S/4ClH.H2O.Re/h4*1H;1H2;/q;;;;;+4/p-4. The number of hydrogen-bond donors (Lipinski definition) is 0. The predicted octanol–water partition coefficient (Wildman–Crippen LogP) is 1.93. The van der Waals surface area contributed by atoms with Crippen LogP contribution in [0.1, 0.15) is 0 Å². The van der Waals surface area contributed by atoms with Crippen LogP contribution < -0.4 is 0 Å². The van der Waals surface area contributed by atoms with Crippen molar-refractivity contribution in [2.45, 2.75) is 0 Å². The van der Waals surface area contributed by atoms with Crippen molar-refractivity contribution in [1.29, 1.82) is 0 Å². The minimum absolute atomic E-state index is 0. The first kappa shape index (κ1) is 10.7. The van der Waals surface area contributed by atoms with E-state index in [2.05, 4.69) is 0 Å². The Kier molecular flexibility index (Phi) is 6.68. The molecule has 0 radical (unpaired) electrons. The molecule has 2 N–H and O–H groups in total. The Bertz CT molecular complexity index is 23.0. The van der Waals surface area contributed by atoms with E-state index in [4.69, 9.17) is 38.1 Å². The van der Waals surface area contributed by atoms with Gasteiger partial charge >= 0.3 is 49.6 Å². The zero-order valence-electron chi connectivity index (χ0n) is 2.39. The van der Waals surface area contributed by atoms with Crippen LogP contribution in [0.3, 0.4) is 0 Å². The van der Waals surface area contributed by atoms with Crippen LogP contribution in [0.4, 0.5) is 0 Å². The fourth-order valence-corrected chi connectivity index (χ4v) is 0. The van der Waals surface area contributed by atoms with Crippen molar-refractivity contribution in [2.75, 3.05) is 0 Å². The van der Waals surface area contributed by atoms with Gasteiger partial charge in [0, 0.05) is 0 Å². The Balaban J connectivity index is 0. The summed E-state index contributed by atoms with van der Waals surface area (Å²) >= 11 is -3.22. The molecule has 0 atom stereocenters. The van der Waals surface area contributed by atoms with Gasteiger partial charge in [-0.25, -0.2) is 0 Å². The van der Waals surface area contributed by atoms with Gasteiger partial charge in [-0.1, -0.05) is 0 Å². The van der Waals surface area contributed by atoms with E-state index in [-0.39, 0.29) is 5.48 Å². The van der Waals surface area contributed by atoms with Gasteiger partial charge in [0.05, 0.1) is 0 Å². The molecule has 0 saturated carbocycles. The van der Waals surface area contributed by atoms with E-state index in [0.717, 1.165) is 0 Å². The summed E-state index contributed by atoms with van der Waals surface area (Å²) < 4.78 is 0. The molecule has 0 unspecified atom stereocenters. The molecule has 6 heavy (non-hydrogen) atoms. The summed E-state index contributed by atoms with van der Waals surface area (Å²) in [5, 5.41) is 0. The second-order valence-electron chi connectivity index (χ2n) is 0.324. The van der Waals surface area contributed by atoms with Gasteiger partial charge in [0.25, 0.3) is 0 Å². The molecule has 0 aliphatic rings. The Morgan fingerprint density at radius 1 is 0.833 bits per heavy atom. The molecule has 0 amide bonds. The van der Waals surface area contributed by atoms with Crippen LogP contribution in [0.15, 0.2) is 0 Å². The summed E-state index contributed by atoms with van der Waals surface area (Å²) in [5.74, 6) is 0. The van der Waals surface area contributed by atoms with Crippen molar-refractivity contribution in [3.8, 4) is 0 Å². The summed E-state index contributed by atoms with van der Waals surface area (Å²) in [6.45, 7) is 0. The summed E-state index contributed by atoms with van der Waals surface area (Å²) in [4.78, 5) is 0. The quantitative estimate of drug-likeness (QED) is 0.642. The molecule has 0 aromatic rings. The Hall–Kier alpha value is 1.78. The molecule has 0 fully saturated rings. The fraction of sp³-hybridized carbons (Fsp3) is 0. The molecule has 0 rings (SSSR count). The van der Waals surface area contributed by atoms with Crippen LogP contribution in [0.25, 0.3) is 0 Å². The maximum absolute atomic E-state index is 5.03. The molecular weight excluding hydrogens is 344 g/mol.